The normalized spacial score (nSPS) is 10.8. The Hall–Kier alpha value is -0.933. The van der Waals surface area contributed by atoms with Crippen molar-refractivity contribution in [2.75, 3.05) is 93.4 Å². The molecular weight excluding hydrogens is 1540 g/mol. The Morgan fingerprint density at radius 1 is 0.470 bits per heavy atom. The largest absolute Gasteiger partial charge is 1.00 e. The Labute approximate surface area is 661 Å². The molecule has 0 radical (unpaired) electrons. The molecule has 564 valence electrons. The second kappa shape index (κ2) is 68.6. The maximum absolute atomic E-state index is 13.2. The van der Waals surface area contributed by atoms with E-state index in [0.717, 1.165) is 65.8 Å². The van der Waals surface area contributed by atoms with Crippen LogP contribution >= 0.6 is 0 Å². The number of hydrogen-bond donors (Lipinski definition) is 0. The number of ether oxygens (including phenoxy) is 5. The predicted octanol–water partition coefficient (Wildman–Crippen LogP) is -2.77. The molecular formula is C49H65F24LiNa4O19S3+2. The van der Waals surface area contributed by atoms with E-state index >= 15 is 0 Å². The molecule has 19 nitrogen and oxygen atoms in total. The molecule has 0 aliphatic carbocycles. The predicted molar refractivity (Wildman–Crippen MR) is 285 cm³/mol. The van der Waals surface area contributed by atoms with Gasteiger partial charge in [-0.2, -0.15) is 59.4 Å². The average molecular weight is 1610 g/mol. The van der Waals surface area contributed by atoms with Crippen molar-refractivity contribution < 1.29 is 330 Å². The van der Waals surface area contributed by atoms with Crippen molar-refractivity contribution in [3.8, 4) is 11.5 Å². The van der Waals surface area contributed by atoms with Gasteiger partial charge in [0.25, 0.3) is 43.4 Å². The van der Waals surface area contributed by atoms with Crippen LogP contribution in [0.4, 0.5) is 104 Å². The smallest absolute Gasteiger partial charge is 0.722 e. The Kier molecular flexibility index (Phi) is 88.2. The zero-order valence-electron chi connectivity index (χ0n) is 54.5. The molecule has 0 spiro atoms. The first-order valence-corrected chi connectivity index (χ1v) is 28.1. The first-order chi connectivity index (χ1) is 42.3. The van der Waals surface area contributed by atoms with Crippen molar-refractivity contribution >= 4 is 31.5 Å². The van der Waals surface area contributed by atoms with Crippen LogP contribution in [0.1, 0.15) is 60.9 Å². The van der Waals surface area contributed by atoms with E-state index in [2.05, 4.69) is 25.3 Å². The fourth-order valence-corrected chi connectivity index (χ4v) is 4.50. The van der Waals surface area contributed by atoms with Gasteiger partial charge < -0.3 is 48.3 Å². The van der Waals surface area contributed by atoms with Gasteiger partial charge in [-0.25, -0.2) is 69.2 Å². The summed E-state index contributed by atoms with van der Waals surface area (Å²) in [5.41, 5.74) is 2.34. The number of alkyl halides is 18. The standard InChI is InChI=1S/2C15H18F3O2.C13H17F3O.3C2H2F4O.3FHO3S.Li.4Na.2H2O/c2*1-3-12(2)10-19-7-8-20-14-6-4-5-13(9-14)15(17,18)11-16;1-10-6-11(4-3-5-17-2)8-12(7-10)13(15,16)9-14;3*3-1-2(4,5)7-6;3*1-5(2,3)4;;;;;;;/h2*5-6,9H,2-3,7-8,10-11H2,1H3;6-8H,3-5,9H2,1-2H3;3*1H2;3*(H,2,3,4);;;;;;2*1H2/q2*-1;;;;;;;;5*+1;;/p-1. The van der Waals surface area contributed by atoms with E-state index in [0.29, 0.717) is 39.5 Å². The number of halogens is 24. The van der Waals surface area contributed by atoms with Gasteiger partial charge in [0.1, 0.15) is 13.3 Å². The quantitative estimate of drug-likeness (QED) is 0.00953. The molecule has 100 heavy (non-hydrogen) atoms. The van der Waals surface area contributed by atoms with Crippen LogP contribution in [-0.2, 0) is 95.7 Å². The van der Waals surface area contributed by atoms with Gasteiger partial charge in [0, 0.05) is 30.8 Å². The molecule has 0 amide bonds. The molecule has 51 heteroatoms. The van der Waals surface area contributed by atoms with E-state index in [-0.39, 0.29) is 178 Å². The summed E-state index contributed by atoms with van der Waals surface area (Å²) < 4.78 is 376. The molecule has 0 bridgehead atoms. The van der Waals surface area contributed by atoms with E-state index in [1.807, 2.05) is 34.7 Å². The molecule has 0 aliphatic heterocycles. The maximum atomic E-state index is 13.2. The third kappa shape index (κ3) is 87.7. The van der Waals surface area contributed by atoms with Gasteiger partial charge in [0.05, 0.1) is 39.6 Å². The Bertz CT molecular complexity index is 2600. The van der Waals surface area contributed by atoms with E-state index in [1.165, 1.54) is 24.3 Å². The fraction of sp³-hybridized carbons (Fsp3) is 0.551. The minimum Gasteiger partial charge on any atom is -0.722 e. The SMILES string of the molecule is C=C(CC)COCCOc1c[c-]cc(C(F)(F)CF)c1.C=C(CC)COCCOc1c[c-]cc(C(F)(F)CF)c1.COCCCc1cc(C)cc(C(F)(F)CF)c1.FCC(F)(F)OF.FCC(F)(F)OF.FCC(F)(F)OF.O=S(=O)([O-])F.O=S(=O)([O-])F.O=S(=O)([O-])F.[Li+].[Na+].[Na+].[Na+].[Na+].[OH3+].[OH3+]. The Morgan fingerprint density at radius 3 is 0.980 bits per heavy atom. The molecule has 3 aromatic carbocycles. The second-order valence-corrected chi connectivity index (χ2v) is 18.8. The summed E-state index contributed by atoms with van der Waals surface area (Å²) in [7, 11) is -14.7. The Balaban J connectivity index is -0.0000000810. The van der Waals surface area contributed by atoms with Crippen LogP contribution in [0, 0.1) is 19.1 Å². The van der Waals surface area contributed by atoms with Crippen molar-refractivity contribution in [1.82, 2.24) is 0 Å². The topological polar surface area (TPSA) is 311 Å². The number of hydrogen-bond acceptors (Lipinski definition) is 17. The monoisotopic (exact) mass is 1610 g/mol. The van der Waals surface area contributed by atoms with Gasteiger partial charge in [0.15, 0.2) is 26.7 Å². The van der Waals surface area contributed by atoms with Gasteiger partial charge in [-0.05, 0) is 63.9 Å². The van der Waals surface area contributed by atoms with E-state index in [4.69, 9.17) is 62.6 Å². The maximum Gasteiger partial charge on any atom is 1.00 e. The van der Waals surface area contributed by atoms with Crippen molar-refractivity contribution in [2.45, 2.75) is 82.5 Å². The number of benzene rings is 3. The van der Waals surface area contributed by atoms with Gasteiger partial charge in [-0.15, -0.1) is 50.7 Å². The molecule has 0 unspecified atom stereocenters. The van der Waals surface area contributed by atoms with Crippen LogP contribution in [0.2, 0.25) is 0 Å². The molecule has 0 heterocycles. The Morgan fingerprint density at radius 2 is 0.750 bits per heavy atom. The molecule has 0 atom stereocenters. The molecule has 3 rings (SSSR count). The first kappa shape index (κ1) is 129. The van der Waals surface area contributed by atoms with Crippen LogP contribution in [-0.4, -0.2) is 151 Å². The molecule has 0 aromatic heterocycles. The van der Waals surface area contributed by atoms with Gasteiger partial charge in [0.2, 0.25) is 0 Å². The van der Waals surface area contributed by atoms with E-state index in [9.17, 15) is 104 Å². The summed E-state index contributed by atoms with van der Waals surface area (Å²) in [5, 5.41) is 0. The number of methoxy groups -OCH3 is 1. The van der Waals surface area contributed by atoms with Crippen molar-refractivity contribution in [3.63, 3.8) is 0 Å². The summed E-state index contributed by atoms with van der Waals surface area (Å²) >= 11 is 0. The van der Waals surface area contributed by atoms with Gasteiger partial charge >= 0.3 is 161 Å². The fourth-order valence-electron chi connectivity index (χ4n) is 4.50. The van der Waals surface area contributed by atoms with Crippen molar-refractivity contribution in [2.24, 2.45) is 0 Å². The minimum absolute atomic E-state index is 0. The average Bonchev–Trinajstić information content (AvgIpc) is 0.850. The molecule has 0 saturated heterocycles. The van der Waals surface area contributed by atoms with Crippen LogP contribution < -0.4 is 147 Å². The summed E-state index contributed by atoms with van der Waals surface area (Å²) in [6.45, 7) is 4.28. The molecule has 6 N–H and O–H groups in total. The van der Waals surface area contributed by atoms with Crippen LogP contribution in [0.25, 0.3) is 0 Å². The summed E-state index contributed by atoms with van der Waals surface area (Å²) in [6, 6.07) is 16.7. The van der Waals surface area contributed by atoms with Crippen molar-refractivity contribution in [3.05, 3.63) is 119 Å². The van der Waals surface area contributed by atoms with Gasteiger partial charge in [-0.3, -0.25) is 0 Å². The summed E-state index contributed by atoms with van der Waals surface area (Å²) in [6.07, 6.45) is -9.64. The third-order valence-electron chi connectivity index (χ3n) is 8.66. The zero-order valence-corrected chi connectivity index (χ0v) is 65.0. The third-order valence-corrected chi connectivity index (χ3v) is 8.66. The molecule has 0 aliphatic rings. The van der Waals surface area contributed by atoms with E-state index in [1.54, 1.807) is 14.0 Å². The number of rotatable bonds is 30. The van der Waals surface area contributed by atoms with Crippen LogP contribution in [0.15, 0.2) is 78.9 Å². The molecule has 0 fully saturated rings. The van der Waals surface area contributed by atoms with Crippen LogP contribution in [0.5, 0.6) is 11.5 Å². The van der Waals surface area contributed by atoms with Gasteiger partial charge in [-0.1, -0.05) is 60.9 Å². The molecule has 3 aromatic rings. The summed E-state index contributed by atoms with van der Waals surface area (Å²) in [4.78, 5) is 5.64. The van der Waals surface area contributed by atoms with Crippen molar-refractivity contribution in [1.29, 1.82) is 0 Å². The van der Waals surface area contributed by atoms with E-state index < -0.39 is 119 Å². The first-order valence-electron chi connectivity index (χ1n) is 24.2. The minimum atomic E-state index is -5.42. The second-order valence-electron chi connectivity index (χ2n) is 16.5. The summed E-state index contributed by atoms with van der Waals surface area (Å²) in [5.74, 6) is -9.97. The molecule has 0 saturated carbocycles. The zero-order chi connectivity index (χ0) is 74.2. The number of aryl methyl sites for hydroxylation is 2. The van der Waals surface area contributed by atoms with Crippen LogP contribution in [0.3, 0.4) is 0 Å².